The largest absolute Gasteiger partial charge is 0.496 e. The van der Waals surface area contributed by atoms with Crippen LogP contribution in [0.25, 0.3) is 0 Å². The Bertz CT molecular complexity index is 843. The molecule has 1 unspecified atom stereocenters. The molecule has 0 aliphatic heterocycles. The number of halogens is 2. The van der Waals surface area contributed by atoms with Crippen molar-refractivity contribution in [3.8, 4) is 5.75 Å². The number of nitrogens with one attached hydrogen (secondary N) is 1. The third kappa shape index (κ3) is 6.04. The minimum absolute atomic E-state index is 0. The smallest absolute Gasteiger partial charge is 0.310 e. The zero-order chi connectivity index (χ0) is 20.0. The van der Waals surface area contributed by atoms with Crippen LogP contribution in [-0.4, -0.2) is 32.6 Å². The SMILES string of the molecule is COC(=O)C(CNC(=O)c1cc(Cl)c(N)cc1OC)Cc1cccc(C)c1.Cl. The molecule has 0 saturated heterocycles. The summed E-state index contributed by atoms with van der Waals surface area (Å²) in [4.78, 5) is 24.7. The topological polar surface area (TPSA) is 90.7 Å². The molecule has 0 fully saturated rings. The third-order valence-electron chi connectivity index (χ3n) is 4.17. The first-order chi connectivity index (χ1) is 12.8. The second-order valence-electron chi connectivity index (χ2n) is 6.20. The maximum Gasteiger partial charge on any atom is 0.310 e. The number of carbonyl (C=O) groups is 2. The van der Waals surface area contributed by atoms with Gasteiger partial charge >= 0.3 is 5.97 Å². The van der Waals surface area contributed by atoms with Gasteiger partial charge in [0.15, 0.2) is 0 Å². The van der Waals surface area contributed by atoms with Crippen LogP contribution in [0.15, 0.2) is 36.4 Å². The minimum Gasteiger partial charge on any atom is -0.496 e. The molecule has 6 nitrogen and oxygen atoms in total. The van der Waals surface area contributed by atoms with E-state index in [0.717, 1.165) is 11.1 Å². The number of methoxy groups -OCH3 is 2. The van der Waals surface area contributed by atoms with E-state index in [4.69, 9.17) is 26.8 Å². The first kappa shape index (κ1) is 23.6. The van der Waals surface area contributed by atoms with Crippen molar-refractivity contribution in [1.82, 2.24) is 5.32 Å². The Morgan fingerprint density at radius 2 is 1.93 bits per heavy atom. The van der Waals surface area contributed by atoms with E-state index in [1.807, 2.05) is 31.2 Å². The number of benzene rings is 2. The predicted molar refractivity (Wildman–Crippen MR) is 112 cm³/mol. The number of rotatable bonds is 7. The Labute approximate surface area is 175 Å². The van der Waals surface area contributed by atoms with Crippen molar-refractivity contribution in [3.63, 3.8) is 0 Å². The minimum atomic E-state index is -0.518. The van der Waals surface area contributed by atoms with E-state index in [2.05, 4.69) is 5.32 Å². The van der Waals surface area contributed by atoms with Crippen molar-refractivity contribution in [2.75, 3.05) is 26.5 Å². The molecule has 3 N–H and O–H groups in total. The van der Waals surface area contributed by atoms with Crippen molar-refractivity contribution in [1.29, 1.82) is 0 Å². The summed E-state index contributed by atoms with van der Waals surface area (Å²) >= 11 is 6.01. The van der Waals surface area contributed by atoms with Crippen molar-refractivity contribution in [3.05, 3.63) is 58.1 Å². The third-order valence-corrected chi connectivity index (χ3v) is 4.50. The lowest BCUT2D eigenvalue weighted by molar-refractivity contribution is -0.145. The monoisotopic (exact) mass is 426 g/mol. The summed E-state index contributed by atoms with van der Waals surface area (Å²) in [6, 6.07) is 10.8. The van der Waals surface area contributed by atoms with Gasteiger partial charge in [-0.25, -0.2) is 0 Å². The van der Waals surface area contributed by atoms with Gasteiger partial charge < -0.3 is 20.5 Å². The number of hydrogen-bond donors (Lipinski definition) is 2. The maximum absolute atomic E-state index is 12.6. The van der Waals surface area contributed by atoms with Crippen LogP contribution in [0.2, 0.25) is 5.02 Å². The number of amides is 1. The summed E-state index contributed by atoms with van der Waals surface area (Å²) in [7, 11) is 2.77. The molecule has 1 amide bonds. The molecular formula is C20H24Cl2N2O4. The van der Waals surface area contributed by atoms with E-state index in [9.17, 15) is 9.59 Å². The summed E-state index contributed by atoms with van der Waals surface area (Å²) in [6.07, 6.45) is 0.453. The summed E-state index contributed by atoms with van der Waals surface area (Å²) < 4.78 is 10.1. The highest BCUT2D eigenvalue weighted by Gasteiger charge is 2.22. The first-order valence-corrected chi connectivity index (χ1v) is 8.78. The molecule has 28 heavy (non-hydrogen) atoms. The molecule has 0 aromatic heterocycles. The fourth-order valence-electron chi connectivity index (χ4n) is 2.76. The zero-order valence-electron chi connectivity index (χ0n) is 16.0. The number of esters is 1. The molecule has 2 rings (SSSR count). The molecule has 0 aliphatic carbocycles. The summed E-state index contributed by atoms with van der Waals surface area (Å²) in [5, 5.41) is 3.01. The van der Waals surface area contributed by atoms with E-state index in [-0.39, 0.29) is 35.5 Å². The number of nitrogen functional groups attached to an aromatic ring is 1. The fourth-order valence-corrected chi connectivity index (χ4v) is 2.92. The lowest BCUT2D eigenvalue weighted by Crippen LogP contribution is -2.35. The van der Waals surface area contributed by atoms with Crippen LogP contribution in [0.4, 0.5) is 5.69 Å². The quantitative estimate of drug-likeness (QED) is 0.522. The summed E-state index contributed by atoms with van der Waals surface area (Å²) in [5.41, 5.74) is 8.39. The van der Waals surface area contributed by atoms with E-state index >= 15 is 0 Å². The summed E-state index contributed by atoms with van der Waals surface area (Å²) in [5.74, 6) is -1.01. The average molecular weight is 427 g/mol. The van der Waals surface area contributed by atoms with Gasteiger partial charge in [0.2, 0.25) is 0 Å². The molecule has 0 radical (unpaired) electrons. The van der Waals surface area contributed by atoms with Gasteiger partial charge in [-0.1, -0.05) is 41.4 Å². The normalized spacial score (nSPS) is 11.1. The van der Waals surface area contributed by atoms with Crippen molar-refractivity contribution < 1.29 is 19.1 Å². The van der Waals surface area contributed by atoms with Gasteiger partial charge in [0.1, 0.15) is 5.75 Å². The van der Waals surface area contributed by atoms with Gasteiger partial charge in [-0.05, 0) is 25.0 Å². The van der Waals surface area contributed by atoms with Crippen molar-refractivity contribution in [2.45, 2.75) is 13.3 Å². The molecule has 2 aromatic carbocycles. The first-order valence-electron chi connectivity index (χ1n) is 8.40. The second-order valence-corrected chi connectivity index (χ2v) is 6.60. The number of nitrogens with two attached hydrogens (primary N) is 1. The van der Waals surface area contributed by atoms with Gasteiger partial charge in [-0.3, -0.25) is 9.59 Å². The number of hydrogen-bond acceptors (Lipinski definition) is 5. The lowest BCUT2D eigenvalue weighted by Gasteiger charge is -2.17. The molecule has 152 valence electrons. The van der Waals surface area contributed by atoms with Crippen molar-refractivity contribution >= 4 is 41.6 Å². The van der Waals surface area contributed by atoms with Gasteiger partial charge in [0.05, 0.1) is 36.4 Å². The molecule has 0 heterocycles. The standard InChI is InChI=1S/C20H23ClN2O4.ClH/c1-12-5-4-6-13(7-12)8-14(20(25)27-3)11-23-19(24)15-9-16(21)17(22)10-18(15)26-2;/h4-7,9-10,14H,8,11,22H2,1-3H3,(H,23,24);1H. The zero-order valence-corrected chi connectivity index (χ0v) is 17.5. The Morgan fingerprint density at radius 3 is 2.54 bits per heavy atom. The average Bonchev–Trinajstić information content (AvgIpc) is 2.65. The van der Waals surface area contributed by atoms with Crippen LogP contribution in [0.3, 0.4) is 0 Å². The number of carbonyl (C=O) groups excluding carboxylic acids is 2. The molecular weight excluding hydrogens is 403 g/mol. The highest BCUT2D eigenvalue weighted by Crippen LogP contribution is 2.28. The number of anilines is 1. The maximum atomic E-state index is 12.6. The molecule has 0 saturated carbocycles. The lowest BCUT2D eigenvalue weighted by atomic mass is 9.98. The van der Waals surface area contributed by atoms with Crippen LogP contribution in [0, 0.1) is 12.8 Å². The van der Waals surface area contributed by atoms with Gasteiger partial charge in [0, 0.05) is 12.6 Å². The Kier molecular flexibility index (Phi) is 9.09. The van der Waals surface area contributed by atoms with Crippen LogP contribution in [0.1, 0.15) is 21.5 Å². The van der Waals surface area contributed by atoms with Crippen molar-refractivity contribution in [2.24, 2.45) is 5.92 Å². The predicted octanol–water partition coefficient (Wildman–Crippen LogP) is 3.42. The van der Waals surface area contributed by atoms with E-state index < -0.39 is 11.8 Å². The van der Waals surface area contributed by atoms with Crippen LogP contribution in [-0.2, 0) is 16.0 Å². The molecule has 0 aliphatic rings. The molecule has 8 heteroatoms. The summed E-state index contributed by atoms with van der Waals surface area (Å²) in [6.45, 7) is 2.10. The highest BCUT2D eigenvalue weighted by molar-refractivity contribution is 6.33. The number of ether oxygens (including phenoxy) is 2. The van der Waals surface area contributed by atoms with Crippen LogP contribution < -0.4 is 15.8 Å². The van der Waals surface area contributed by atoms with Gasteiger partial charge in [-0.2, -0.15) is 0 Å². The van der Waals surface area contributed by atoms with Crippen LogP contribution >= 0.6 is 24.0 Å². The Balaban J connectivity index is 0.00000392. The molecule has 0 spiro atoms. The molecule has 1 atom stereocenters. The van der Waals surface area contributed by atoms with Crippen LogP contribution in [0.5, 0.6) is 5.75 Å². The number of aryl methyl sites for hydroxylation is 1. The van der Waals surface area contributed by atoms with Gasteiger partial charge in [0.25, 0.3) is 5.91 Å². The Hall–Kier alpha value is -2.44. The molecule has 0 bridgehead atoms. The van der Waals surface area contributed by atoms with Gasteiger partial charge in [-0.15, -0.1) is 12.4 Å². The van der Waals surface area contributed by atoms with E-state index in [1.165, 1.54) is 26.4 Å². The highest BCUT2D eigenvalue weighted by atomic mass is 35.5. The van der Waals surface area contributed by atoms with E-state index in [0.29, 0.717) is 17.9 Å². The van der Waals surface area contributed by atoms with E-state index in [1.54, 1.807) is 0 Å². The Morgan fingerprint density at radius 1 is 1.21 bits per heavy atom. The second kappa shape index (κ2) is 10.8. The fraction of sp³-hybridized carbons (Fsp3) is 0.300. The molecule has 2 aromatic rings.